The number of esters is 1. The van der Waals surface area contributed by atoms with Crippen molar-refractivity contribution in [3.8, 4) is 0 Å². The number of carbonyl (C=O) groups is 2. The molecule has 3 atom stereocenters. The Hall–Kier alpha value is -2.79. The van der Waals surface area contributed by atoms with Gasteiger partial charge in [0, 0.05) is 6.54 Å². The van der Waals surface area contributed by atoms with Crippen LogP contribution in [0, 0.1) is 0 Å². The fourth-order valence-electron chi connectivity index (χ4n) is 3.82. The predicted octanol–water partition coefficient (Wildman–Crippen LogP) is 2.81. The number of nitrogens with zero attached hydrogens (tertiary/aromatic N) is 1. The van der Waals surface area contributed by atoms with Gasteiger partial charge in [-0.3, -0.25) is 9.63 Å². The van der Waals surface area contributed by atoms with Crippen molar-refractivity contribution in [2.45, 2.75) is 68.9 Å². The summed E-state index contributed by atoms with van der Waals surface area (Å²) in [6.07, 6.45) is -0.407. The van der Waals surface area contributed by atoms with Crippen LogP contribution in [0.1, 0.15) is 39.2 Å². The third-order valence-electron chi connectivity index (χ3n) is 5.41. The van der Waals surface area contributed by atoms with Gasteiger partial charge in [0.15, 0.2) is 0 Å². The number of nitrogens with one attached hydrogen (secondary N) is 1. The normalized spacial score (nSPS) is 19.7. The average molecular weight is 505 g/mol. The van der Waals surface area contributed by atoms with Crippen LogP contribution < -0.4 is 5.32 Å². The molecule has 0 bridgehead atoms. The molecule has 10 heteroatoms. The number of hydroxylamine groups is 1. The monoisotopic (exact) mass is 504 g/mol. The number of benzene rings is 2. The Morgan fingerprint density at radius 2 is 1.71 bits per heavy atom. The van der Waals surface area contributed by atoms with E-state index in [1.165, 1.54) is 12.1 Å². The Balaban J connectivity index is 1.77. The number of hydrogen-bond acceptors (Lipinski definition) is 8. The van der Waals surface area contributed by atoms with Crippen molar-refractivity contribution in [1.29, 1.82) is 0 Å². The molecule has 35 heavy (non-hydrogen) atoms. The molecule has 1 heterocycles. The molecule has 2 aromatic carbocycles. The summed E-state index contributed by atoms with van der Waals surface area (Å²) in [5.74, 6) is -0.658. The van der Waals surface area contributed by atoms with Crippen LogP contribution in [0.2, 0.25) is 0 Å². The molecule has 0 aliphatic carbocycles. The van der Waals surface area contributed by atoms with Crippen LogP contribution in [0.5, 0.6) is 0 Å². The Labute approximate surface area is 206 Å². The van der Waals surface area contributed by atoms with Crippen molar-refractivity contribution in [3.63, 3.8) is 0 Å². The zero-order valence-electron chi connectivity index (χ0n) is 20.1. The molecule has 0 aromatic heterocycles. The maximum Gasteiger partial charge on any atom is 0.349 e. The maximum atomic E-state index is 13.5. The summed E-state index contributed by atoms with van der Waals surface area (Å²) in [5, 5.41) is 3.15. The largest absolute Gasteiger partial charge is 0.457 e. The second-order valence-corrected chi connectivity index (χ2v) is 11.0. The molecule has 3 unspecified atom stereocenters. The summed E-state index contributed by atoms with van der Waals surface area (Å²) >= 11 is 0. The molecule has 1 N–H and O–H groups in total. The summed E-state index contributed by atoms with van der Waals surface area (Å²) < 4.78 is 38.4. The lowest BCUT2D eigenvalue weighted by atomic mass is 9.97. The van der Waals surface area contributed by atoms with Crippen molar-refractivity contribution in [3.05, 3.63) is 66.2 Å². The minimum absolute atomic E-state index is 0.0711. The number of hydrogen-bond donors (Lipinski definition) is 1. The Bertz CT molecular complexity index is 1060. The van der Waals surface area contributed by atoms with E-state index in [9.17, 15) is 18.0 Å². The van der Waals surface area contributed by atoms with Crippen molar-refractivity contribution in [1.82, 2.24) is 9.79 Å². The summed E-state index contributed by atoms with van der Waals surface area (Å²) in [4.78, 5) is 29.6. The van der Waals surface area contributed by atoms with E-state index in [-0.39, 0.29) is 24.5 Å². The van der Waals surface area contributed by atoms with E-state index in [1.807, 2.05) is 30.3 Å². The topological polar surface area (TPSA) is 111 Å². The first kappa shape index (κ1) is 26.8. The Kier molecular flexibility index (Phi) is 9.01. The molecule has 1 saturated heterocycles. The van der Waals surface area contributed by atoms with Crippen molar-refractivity contribution >= 4 is 22.5 Å². The minimum Gasteiger partial charge on any atom is -0.457 e. The van der Waals surface area contributed by atoms with Gasteiger partial charge >= 0.3 is 5.97 Å². The summed E-state index contributed by atoms with van der Waals surface area (Å²) in [5.41, 5.74) is 0.0803. The minimum atomic E-state index is -3.97. The molecule has 0 amide bonds. The number of rotatable bonds is 10. The third kappa shape index (κ3) is 7.35. The smallest absolute Gasteiger partial charge is 0.349 e. The van der Waals surface area contributed by atoms with Gasteiger partial charge in [0.25, 0.3) is 16.5 Å². The van der Waals surface area contributed by atoms with Crippen LogP contribution in [0.4, 0.5) is 0 Å². The molecule has 9 nitrogen and oxygen atoms in total. The molecule has 0 spiro atoms. The highest BCUT2D eigenvalue weighted by molar-refractivity contribution is 7.89. The van der Waals surface area contributed by atoms with Gasteiger partial charge in [0.2, 0.25) is 6.10 Å². The average Bonchev–Trinajstić information content (AvgIpc) is 2.83. The third-order valence-corrected chi connectivity index (χ3v) is 7.16. The second-order valence-electron chi connectivity index (χ2n) is 9.26. The molecule has 1 aliphatic heterocycles. The molecule has 0 saturated carbocycles. The maximum absolute atomic E-state index is 13.5. The summed E-state index contributed by atoms with van der Waals surface area (Å²) in [6.45, 7) is 5.66. The van der Waals surface area contributed by atoms with Gasteiger partial charge in [-0.25, -0.2) is 13.2 Å². The summed E-state index contributed by atoms with van der Waals surface area (Å²) in [7, 11) is -3.97. The number of sulfonamides is 1. The highest BCUT2D eigenvalue weighted by Gasteiger charge is 2.40. The first-order valence-electron chi connectivity index (χ1n) is 11.4. The molecular formula is C25H32N2O7S. The molecule has 3 rings (SSSR count). The van der Waals surface area contributed by atoms with E-state index in [4.69, 9.17) is 14.3 Å². The summed E-state index contributed by atoms with van der Waals surface area (Å²) in [6, 6.07) is 16.3. The fourth-order valence-corrected chi connectivity index (χ4v) is 5.29. The van der Waals surface area contributed by atoms with E-state index >= 15 is 0 Å². The van der Waals surface area contributed by atoms with E-state index in [1.54, 1.807) is 39.0 Å². The lowest BCUT2D eigenvalue weighted by Gasteiger charge is -2.37. The van der Waals surface area contributed by atoms with E-state index in [2.05, 4.69) is 5.32 Å². The standard InChI is InChI=1S/C25H32N2O7S/c1-25(2,3)34-24(29)23(32-18-28)22-15-14-20(16-26-22)27(33-17-19-10-6-4-7-11-19)35(30,31)21-12-8-5-9-13-21/h4-13,18,20,22-23,26H,14-17H2,1-3H3. The van der Waals surface area contributed by atoms with Crippen LogP contribution >= 0.6 is 0 Å². The molecule has 0 radical (unpaired) electrons. The lowest BCUT2D eigenvalue weighted by molar-refractivity contribution is -0.174. The van der Waals surface area contributed by atoms with Crippen LogP contribution in [0.25, 0.3) is 0 Å². The van der Waals surface area contributed by atoms with Gasteiger partial charge in [-0.2, -0.15) is 0 Å². The predicted molar refractivity (Wildman–Crippen MR) is 128 cm³/mol. The van der Waals surface area contributed by atoms with Crippen LogP contribution in [0.3, 0.4) is 0 Å². The van der Waals surface area contributed by atoms with Crippen molar-refractivity contribution in [2.75, 3.05) is 6.54 Å². The first-order chi connectivity index (χ1) is 16.6. The number of carbonyl (C=O) groups excluding carboxylic acids is 2. The molecule has 190 valence electrons. The van der Waals surface area contributed by atoms with E-state index < -0.39 is 39.8 Å². The van der Waals surface area contributed by atoms with Gasteiger partial charge in [-0.1, -0.05) is 53.0 Å². The second kappa shape index (κ2) is 11.8. The molecule has 2 aromatic rings. The highest BCUT2D eigenvalue weighted by Crippen LogP contribution is 2.26. The molecule has 1 aliphatic rings. The van der Waals surface area contributed by atoms with Gasteiger partial charge in [0.05, 0.1) is 23.6 Å². The van der Waals surface area contributed by atoms with Crippen LogP contribution in [-0.4, -0.2) is 55.7 Å². The molecule has 1 fully saturated rings. The SMILES string of the molecule is CC(C)(C)OC(=O)C(OC=O)C1CCC(N(OCc2ccccc2)S(=O)(=O)c2ccccc2)CN1. The van der Waals surface area contributed by atoms with Gasteiger partial charge in [-0.05, 0) is 51.3 Å². The van der Waals surface area contributed by atoms with E-state index in [0.29, 0.717) is 12.8 Å². The first-order valence-corrected chi connectivity index (χ1v) is 12.9. The number of piperidine rings is 1. The lowest BCUT2D eigenvalue weighted by Crippen LogP contribution is -2.56. The zero-order chi connectivity index (χ0) is 25.5. The van der Waals surface area contributed by atoms with Gasteiger partial charge in [0.1, 0.15) is 5.60 Å². The van der Waals surface area contributed by atoms with Gasteiger partial charge in [-0.15, -0.1) is 0 Å². The molecular weight excluding hydrogens is 472 g/mol. The van der Waals surface area contributed by atoms with Gasteiger partial charge < -0.3 is 14.8 Å². The zero-order valence-corrected chi connectivity index (χ0v) is 20.9. The van der Waals surface area contributed by atoms with Crippen molar-refractivity contribution < 1.29 is 32.3 Å². The quantitative estimate of drug-likeness (QED) is 0.299. The van der Waals surface area contributed by atoms with E-state index in [0.717, 1.165) is 10.0 Å². The Morgan fingerprint density at radius 3 is 2.26 bits per heavy atom. The van der Waals surface area contributed by atoms with Crippen LogP contribution in [0.15, 0.2) is 65.6 Å². The van der Waals surface area contributed by atoms with Crippen molar-refractivity contribution in [2.24, 2.45) is 0 Å². The fraction of sp³-hybridized carbons (Fsp3) is 0.440. The van der Waals surface area contributed by atoms with Crippen LogP contribution in [-0.2, 0) is 40.5 Å². The Morgan fingerprint density at radius 1 is 1.09 bits per heavy atom. The highest BCUT2D eigenvalue weighted by atomic mass is 32.2. The number of ether oxygens (including phenoxy) is 2.